The molecule has 0 radical (unpaired) electrons. The summed E-state index contributed by atoms with van der Waals surface area (Å²) in [7, 11) is 1.45. The van der Waals surface area contributed by atoms with Crippen molar-refractivity contribution in [2.24, 2.45) is 16.8 Å². The summed E-state index contributed by atoms with van der Waals surface area (Å²) in [5, 5.41) is 7.17. The van der Waals surface area contributed by atoms with Crippen LogP contribution in [0, 0.1) is 5.92 Å². The van der Waals surface area contributed by atoms with Crippen LogP contribution in [0.15, 0.2) is 17.5 Å². The smallest absolute Gasteiger partial charge is 0.271 e. The predicted molar refractivity (Wildman–Crippen MR) is 97.7 cm³/mol. The van der Waals surface area contributed by atoms with Crippen LogP contribution in [0.4, 0.5) is 5.82 Å². The van der Waals surface area contributed by atoms with E-state index in [1.54, 1.807) is 4.90 Å². The Bertz CT molecular complexity index is 668. The minimum absolute atomic E-state index is 0.0722. The molecule has 2 amide bonds. The first-order chi connectivity index (χ1) is 12.4. The number of piperidine rings is 1. The molecule has 0 aromatic carbocycles. The maximum Gasteiger partial charge on any atom is 0.271 e. The molecule has 1 fully saturated rings. The average Bonchev–Trinajstić information content (AvgIpc) is 2.61. The molecule has 1 aromatic rings. The summed E-state index contributed by atoms with van der Waals surface area (Å²) in [6, 6.07) is 1.69. The first-order valence-electron chi connectivity index (χ1n) is 8.68. The van der Waals surface area contributed by atoms with Gasteiger partial charge in [-0.1, -0.05) is 19.0 Å². The monoisotopic (exact) mass is 362 g/mol. The standard InChI is InChI=1S/C17H26N6O3/c1-11(2)8-14(22-26-3)17(25)23-6-4-12(5-7-23)21-15-9-13(16(18)24)19-10-20-15/h9-12H,4-8H2,1-3H3,(H2,18,24)(H,19,20,21). The average molecular weight is 362 g/mol. The lowest BCUT2D eigenvalue weighted by molar-refractivity contribution is -0.125. The molecule has 0 unspecified atom stereocenters. The third-order valence-electron chi connectivity index (χ3n) is 4.10. The Balaban J connectivity index is 1.92. The van der Waals surface area contributed by atoms with Gasteiger partial charge in [-0.15, -0.1) is 0 Å². The molecule has 0 bridgehead atoms. The third kappa shape index (κ3) is 5.40. The highest BCUT2D eigenvalue weighted by molar-refractivity contribution is 6.38. The summed E-state index contributed by atoms with van der Waals surface area (Å²) >= 11 is 0. The second kappa shape index (κ2) is 9.12. The highest BCUT2D eigenvalue weighted by Gasteiger charge is 2.26. The highest BCUT2D eigenvalue weighted by atomic mass is 16.6. The number of nitrogens with zero attached hydrogens (tertiary/aromatic N) is 4. The van der Waals surface area contributed by atoms with Gasteiger partial charge in [0.1, 0.15) is 30.7 Å². The lowest BCUT2D eigenvalue weighted by atomic mass is 10.0. The van der Waals surface area contributed by atoms with Gasteiger partial charge in [-0.25, -0.2) is 9.97 Å². The second-order valence-corrected chi connectivity index (χ2v) is 6.68. The molecule has 3 N–H and O–H groups in total. The van der Waals surface area contributed by atoms with Crippen LogP contribution in [0.25, 0.3) is 0 Å². The number of hydrogen-bond acceptors (Lipinski definition) is 7. The van der Waals surface area contributed by atoms with Crippen molar-refractivity contribution in [2.75, 3.05) is 25.5 Å². The number of primary amides is 1. The molecule has 0 saturated carbocycles. The van der Waals surface area contributed by atoms with E-state index in [2.05, 4.69) is 20.4 Å². The van der Waals surface area contributed by atoms with Crippen LogP contribution in [-0.4, -0.2) is 58.6 Å². The van der Waals surface area contributed by atoms with E-state index in [1.807, 2.05) is 13.8 Å². The van der Waals surface area contributed by atoms with E-state index in [4.69, 9.17) is 10.6 Å². The molecule has 142 valence electrons. The maximum absolute atomic E-state index is 12.6. The number of hydrogen-bond donors (Lipinski definition) is 2. The summed E-state index contributed by atoms with van der Waals surface area (Å²) in [6.45, 7) is 5.31. The minimum Gasteiger partial charge on any atom is -0.399 e. The number of amides is 2. The van der Waals surface area contributed by atoms with Crippen molar-refractivity contribution in [1.29, 1.82) is 0 Å². The number of anilines is 1. The molecule has 0 atom stereocenters. The Morgan fingerprint density at radius 1 is 1.38 bits per heavy atom. The predicted octanol–water partition coefficient (Wildman–Crippen LogP) is 1.03. The summed E-state index contributed by atoms with van der Waals surface area (Å²) in [5.74, 6) is 0.215. The quantitative estimate of drug-likeness (QED) is 0.551. The topological polar surface area (TPSA) is 123 Å². The fourth-order valence-corrected chi connectivity index (χ4v) is 2.85. The number of nitrogens with one attached hydrogen (secondary N) is 1. The van der Waals surface area contributed by atoms with Crippen molar-refractivity contribution in [1.82, 2.24) is 14.9 Å². The van der Waals surface area contributed by atoms with Gasteiger partial charge in [0, 0.05) is 31.6 Å². The van der Waals surface area contributed by atoms with Gasteiger partial charge in [-0.05, 0) is 18.8 Å². The molecule has 9 heteroatoms. The van der Waals surface area contributed by atoms with Gasteiger partial charge in [-0.2, -0.15) is 0 Å². The summed E-state index contributed by atoms with van der Waals surface area (Å²) in [6.07, 6.45) is 3.43. The zero-order valence-electron chi connectivity index (χ0n) is 15.4. The third-order valence-corrected chi connectivity index (χ3v) is 4.10. The van der Waals surface area contributed by atoms with E-state index in [0.29, 0.717) is 37.0 Å². The molecular formula is C17H26N6O3. The molecule has 2 heterocycles. The van der Waals surface area contributed by atoms with Gasteiger partial charge in [0.25, 0.3) is 11.8 Å². The van der Waals surface area contributed by atoms with Crippen LogP contribution in [0.5, 0.6) is 0 Å². The number of likely N-dealkylation sites (tertiary alicyclic amines) is 1. The van der Waals surface area contributed by atoms with Gasteiger partial charge in [-0.3, -0.25) is 9.59 Å². The zero-order chi connectivity index (χ0) is 19.1. The molecule has 2 rings (SSSR count). The first-order valence-corrected chi connectivity index (χ1v) is 8.68. The van der Waals surface area contributed by atoms with E-state index >= 15 is 0 Å². The molecule has 1 aliphatic heterocycles. The van der Waals surface area contributed by atoms with Crippen molar-refractivity contribution in [2.45, 2.75) is 39.2 Å². The van der Waals surface area contributed by atoms with Gasteiger partial charge >= 0.3 is 0 Å². The van der Waals surface area contributed by atoms with E-state index in [-0.39, 0.29) is 17.6 Å². The molecular weight excluding hydrogens is 336 g/mol. The molecule has 26 heavy (non-hydrogen) atoms. The van der Waals surface area contributed by atoms with Crippen LogP contribution < -0.4 is 11.1 Å². The number of carbonyl (C=O) groups is 2. The van der Waals surface area contributed by atoms with Crippen molar-refractivity contribution in [3.63, 3.8) is 0 Å². The SMILES string of the molecule is CON=C(CC(C)C)C(=O)N1CCC(Nc2cc(C(N)=O)ncn2)CC1. The summed E-state index contributed by atoms with van der Waals surface area (Å²) in [5.41, 5.74) is 5.86. The van der Waals surface area contributed by atoms with Crippen LogP contribution in [0.1, 0.15) is 43.6 Å². The molecule has 1 aliphatic rings. The second-order valence-electron chi connectivity index (χ2n) is 6.68. The Labute approximate surface area is 153 Å². The molecule has 0 spiro atoms. The molecule has 9 nitrogen and oxygen atoms in total. The van der Waals surface area contributed by atoms with E-state index in [0.717, 1.165) is 12.8 Å². The van der Waals surface area contributed by atoms with Gasteiger partial charge in [0.05, 0.1) is 0 Å². The fourth-order valence-electron chi connectivity index (χ4n) is 2.85. The lowest BCUT2D eigenvalue weighted by Crippen LogP contribution is -2.45. The maximum atomic E-state index is 12.6. The normalized spacial score (nSPS) is 15.8. The molecule has 1 saturated heterocycles. The number of nitrogens with two attached hydrogens (primary N) is 1. The van der Waals surface area contributed by atoms with E-state index in [1.165, 1.54) is 19.5 Å². The van der Waals surface area contributed by atoms with Crippen molar-refractivity contribution in [3.05, 3.63) is 18.1 Å². The number of carbonyl (C=O) groups excluding carboxylic acids is 2. The Morgan fingerprint density at radius 3 is 2.65 bits per heavy atom. The minimum atomic E-state index is -0.592. The largest absolute Gasteiger partial charge is 0.399 e. The molecule has 1 aromatic heterocycles. The summed E-state index contributed by atoms with van der Waals surface area (Å²) < 4.78 is 0. The van der Waals surface area contributed by atoms with Crippen molar-refractivity contribution >= 4 is 23.3 Å². The van der Waals surface area contributed by atoms with Crippen LogP contribution >= 0.6 is 0 Å². The van der Waals surface area contributed by atoms with Crippen molar-refractivity contribution in [3.8, 4) is 0 Å². The fraction of sp³-hybridized carbons (Fsp3) is 0.588. The van der Waals surface area contributed by atoms with Gasteiger partial charge < -0.3 is 20.8 Å². The Morgan fingerprint density at radius 2 is 2.08 bits per heavy atom. The lowest BCUT2D eigenvalue weighted by Gasteiger charge is -2.33. The highest BCUT2D eigenvalue weighted by Crippen LogP contribution is 2.17. The Hall–Kier alpha value is -2.71. The Kier molecular flexibility index (Phi) is 6.88. The zero-order valence-corrected chi connectivity index (χ0v) is 15.4. The number of aromatic nitrogens is 2. The van der Waals surface area contributed by atoms with Gasteiger partial charge in [0.2, 0.25) is 0 Å². The van der Waals surface area contributed by atoms with Crippen LogP contribution in [0.2, 0.25) is 0 Å². The number of oxime groups is 1. The van der Waals surface area contributed by atoms with Crippen LogP contribution in [-0.2, 0) is 9.63 Å². The number of rotatable bonds is 7. The van der Waals surface area contributed by atoms with E-state index in [9.17, 15) is 9.59 Å². The first kappa shape index (κ1) is 19.6. The summed E-state index contributed by atoms with van der Waals surface area (Å²) in [4.78, 5) is 38.4. The molecule has 0 aliphatic carbocycles. The van der Waals surface area contributed by atoms with Gasteiger partial charge in [0.15, 0.2) is 0 Å². The van der Waals surface area contributed by atoms with Crippen LogP contribution in [0.3, 0.4) is 0 Å². The van der Waals surface area contributed by atoms with Crippen molar-refractivity contribution < 1.29 is 14.4 Å². The van der Waals surface area contributed by atoms with E-state index < -0.39 is 5.91 Å².